The molecule has 0 aliphatic heterocycles. The van der Waals surface area contributed by atoms with Crippen molar-refractivity contribution < 1.29 is 9.13 Å². The molecule has 0 bridgehead atoms. The average Bonchev–Trinajstić information content (AvgIpc) is 2.23. The van der Waals surface area contributed by atoms with Gasteiger partial charge in [-0.25, -0.2) is 4.39 Å². The van der Waals surface area contributed by atoms with E-state index in [0.29, 0.717) is 5.39 Å². The van der Waals surface area contributed by atoms with E-state index < -0.39 is 11.4 Å². The molecule has 1 aromatic heterocycles. The minimum Gasteiger partial charge on any atom is -0.481 e. The van der Waals surface area contributed by atoms with Crippen LogP contribution >= 0.6 is 11.6 Å². The van der Waals surface area contributed by atoms with Crippen molar-refractivity contribution in [2.45, 2.75) is 0 Å². The summed E-state index contributed by atoms with van der Waals surface area (Å²) < 4.78 is 17.8. The van der Waals surface area contributed by atoms with Crippen LogP contribution in [0.25, 0.3) is 10.8 Å². The van der Waals surface area contributed by atoms with Gasteiger partial charge in [0, 0.05) is 5.39 Å². The van der Waals surface area contributed by atoms with E-state index in [0.717, 1.165) is 6.07 Å². The molecule has 0 radical (unpaired) electrons. The second kappa shape index (κ2) is 3.55. The van der Waals surface area contributed by atoms with Crippen molar-refractivity contribution in [2.24, 2.45) is 0 Å². The summed E-state index contributed by atoms with van der Waals surface area (Å²) in [5, 5.41) is 0.951. The number of aromatic amines is 1. The van der Waals surface area contributed by atoms with Crippen molar-refractivity contribution in [2.75, 3.05) is 7.11 Å². The van der Waals surface area contributed by atoms with Crippen LogP contribution in [0.1, 0.15) is 0 Å². The van der Waals surface area contributed by atoms with Gasteiger partial charge in [0.1, 0.15) is 10.8 Å². The maximum Gasteiger partial charge on any atom is 0.258 e. The number of halogens is 2. The number of rotatable bonds is 1. The normalized spacial score (nSPS) is 10.6. The highest BCUT2D eigenvalue weighted by molar-refractivity contribution is 6.36. The van der Waals surface area contributed by atoms with Crippen molar-refractivity contribution in [3.63, 3.8) is 0 Å². The van der Waals surface area contributed by atoms with Crippen LogP contribution in [0.2, 0.25) is 5.02 Å². The third-order valence-corrected chi connectivity index (χ3v) is 2.47. The molecule has 3 nitrogen and oxygen atoms in total. The van der Waals surface area contributed by atoms with Crippen molar-refractivity contribution in [3.8, 4) is 5.88 Å². The molecule has 1 heterocycles. The SMILES string of the molecule is COc1[nH]c(=O)c2cc(F)ccc2c1Cl. The number of benzene rings is 1. The second-order valence-corrected chi connectivity index (χ2v) is 3.37. The van der Waals surface area contributed by atoms with E-state index in [1.165, 1.54) is 19.2 Å². The highest BCUT2D eigenvalue weighted by atomic mass is 35.5. The molecule has 2 aromatic rings. The van der Waals surface area contributed by atoms with E-state index in [2.05, 4.69) is 4.98 Å². The Balaban J connectivity index is 2.93. The highest BCUT2D eigenvalue weighted by Crippen LogP contribution is 2.28. The van der Waals surface area contributed by atoms with Crippen molar-refractivity contribution in [3.05, 3.63) is 39.4 Å². The zero-order chi connectivity index (χ0) is 11.0. The van der Waals surface area contributed by atoms with Crippen LogP contribution < -0.4 is 10.3 Å². The van der Waals surface area contributed by atoms with E-state index in [-0.39, 0.29) is 16.3 Å². The standard InChI is InChI=1S/C10H7ClFNO2/c1-15-10-8(11)6-3-2-5(12)4-7(6)9(14)13-10/h2-4H,1H3,(H,13,14). The first kappa shape index (κ1) is 9.98. The topological polar surface area (TPSA) is 42.1 Å². The number of methoxy groups -OCH3 is 1. The Kier molecular flexibility index (Phi) is 2.36. The molecular weight excluding hydrogens is 221 g/mol. The first-order chi connectivity index (χ1) is 7.13. The molecule has 2 rings (SSSR count). The minimum absolute atomic E-state index is 0.181. The van der Waals surface area contributed by atoms with E-state index in [1.807, 2.05) is 0 Å². The van der Waals surface area contributed by atoms with E-state index in [4.69, 9.17) is 16.3 Å². The van der Waals surface area contributed by atoms with Gasteiger partial charge in [0.25, 0.3) is 5.56 Å². The molecule has 1 N–H and O–H groups in total. The fourth-order valence-corrected chi connectivity index (χ4v) is 1.67. The first-order valence-electron chi connectivity index (χ1n) is 4.18. The Morgan fingerprint density at radius 3 is 2.80 bits per heavy atom. The Morgan fingerprint density at radius 1 is 1.40 bits per heavy atom. The summed E-state index contributed by atoms with van der Waals surface area (Å²) in [6, 6.07) is 3.83. The van der Waals surface area contributed by atoms with E-state index in [9.17, 15) is 9.18 Å². The lowest BCUT2D eigenvalue weighted by Crippen LogP contribution is -2.08. The average molecular weight is 228 g/mol. The molecule has 5 heteroatoms. The van der Waals surface area contributed by atoms with Crippen molar-refractivity contribution >= 4 is 22.4 Å². The van der Waals surface area contributed by atoms with Gasteiger partial charge in [0.05, 0.1) is 12.5 Å². The Morgan fingerprint density at radius 2 is 2.13 bits per heavy atom. The van der Waals surface area contributed by atoms with Crippen molar-refractivity contribution in [1.82, 2.24) is 4.98 Å². The van der Waals surface area contributed by atoms with Gasteiger partial charge in [-0.2, -0.15) is 0 Å². The van der Waals surface area contributed by atoms with Gasteiger partial charge in [-0.05, 0) is 18.2 Å². The van der Waals surface area contributed by atoms with E-state index >= 15 is 0 Å². The van der Waals surface area contributed by atoms with Gasteiger partial charge in [-0.3, -0.25) is 9.78 Å². The fourth-order valence-electron chi connectivity index (χ4n) is 1.38. The molecule has 0 unspecified atom stereocenters. The predicted molar refractivity (Wildman–Crippen MR) is 56.1 cm³/mol. The second-order valence-electron chi connectivity index (χ2n) is 2.99. The number of H-pyrrole nitrogens is 1. The smallest absolute Gasteiger partial charge is 0.258 e. The maximum atomic E-state index is 12.9. The zero-order valence-corrected chi connectivity index (χ0v) is 8.56. The van der Waals surface area contributed by atoms with Crippen LogP contribution in [0.4, 0.5) is 4.39 Å². The fraction of sp³-hybridized carbons (Fsp3) is 0.100. The number of hydrogen-bond acceptors (Lipinski definition) is 2. The maximum absolute atomic E-state index is 12.9. The van der Waals surface area contributed by atoms with Crippen LogP contribution in [0.3, 0.4) is 0 Å². The first-order valence-corrected chi connectivity index (χ1v) is 4.56. The van der Waals surface area contributed by atoms with Gasteiger partial charge in [0.2, 0.25) is 5.88 Å². The molecule has 0 aliphatic rings. The number of hydrogen-bond donors (Lipinski definition) is 1. The van der Waals surface area contributed by atoms with Gasteiger partial charge in [0.15, 0.2) is 0 Å². The minimum atomic E-state index is -0.478. The summed E-state index contributed by atoms with van der Waals surface area (Å²) in [5.41, 5.74) is -0.425. The molecule has 0 saturated carbocycles. The number of fused-ring (bicyclic) bond motifs is 1. The van der Waals surface area contributed by atoms with Crippen LogP contribution in [0, 0.1) is 5.82 Å². The lowest BCUT2D eigenvalue weighted by molar-refractivity contribution is 0.398. The predicted octanol–water partition coefficient (Wildman–Crippen LogP) is 2.33. The molecule has 0 atom stereocenters. The third-order valence-electron chi connectivity index (χ3n) is 2.09. The Hall–Kier alpha value is -1.55. The molecule has 0 saturated heterocycles. The number of ether oxygens (including phenoxy) is 1. The molecule has 0 aliphatic carbocycles. The molecule has 1 aromatic carbocycles. The molecule has 15 heavy (non-hydrogen) atoms. The Bertz CT molecular complexity index is 579. The van der Waals surface area contributed by atoms with Gasteiger partial charge >= 0.3 is 0 Å². The van der Waals surface area contributed by atoms with Crippen LogP contribution in [0.15, 0.2) is 23.0 Å². The molecule has 78 valence electrons. The van der Waals surface area contributed by atoms with Crippen LogP contribution in [-0.4, -0.2) is 12.1 Å². The number of pyridine rings is 1. The summed E-state index contributed by atoms with van der Waals surface area (Å²) in [5.74, 6) is -0.296. The quantitative estimate of drug-likeness (QED) is 0.813. The van der Waals surface area contributed by atoms with Gasteiger partial charge < -0.3 is 4.74 Å². The van der Waals surface area contributed by atoms with Crippen LogP contribution in [0.5, 0.6) is 5.88 Å². The van der Waals surface area contributed by atoms with E-state index in [1.54, 1.807) is 0 Å². The van der Waals surface area contributed by atoms with Gasteiger partial charge in [-0.1, -0.05) is 11.6 Å². The van der Waals surface area contributed by atoms with Gasteiger partial charge in [-0.15, -0.1) is 0 Å². The molecule has 0 amide bonds. The number of aromatic nitrogens is 1. The third kappa shape index (κ3) is 1.57. The summed E-state index contributed by atoms with van der Waals surface area (Å²) >= 11 is 5.95. The zero-order valence-electron chi connectivity index (χ0n) is 7.80. The monoisotopic (exact) mass is 227 g/mol. The summed E-state index contributed by atoms with van der Waals surface area (Å²) in [6.07, 6.45) is 0. The largest absolute Gasteiger partial charge is 0.481 e. The van der Waals surface area contributed by atoms with Crippen LogP contribution in [-0.2, 0) is 0 Å². The highest BCUT2D eigenvalue weighted by Gasteiger charge is 2.10. The summed E-state index contributed by atoms with van der Waals surface area (Å²) in [7, 11) is 1.40. The molecular formula is C10H7ClFNO2. The molecule has 0 spiro atoms. The van der Waals surface area contributed by atoms with Crippen molar-refractivity contribution in [1.29, 1.82) is 0 Å². The Labute approximate surface area is 89.4 Å². The summed E-state index contributed by atoms with van der Waals surface area (Å²) in [4.78, 5) is 13.9. The lowest BCUT2D eigenvalue weighted by atomic mass is 10.2. The summed E-state index contributed by atoms with van der Waals surface area (Å²) in [6.45, 7) is 0. The number of nitrogens with one attached hydrogen (secondary N) is 1. The molecule has 0 fully saturated rings. The lowest BCUT2D eigenvalue weighted by Gasteiger charge is -2.05.